The molecule has 5 nitrogen and oxygen atoms in total. The number of halogens is 1. The van der Waals surface area contributed by atoms with Gasteiger partial charge in [0.25, 0.3) is 0 Å². The Bertz CT molecular complexity index is 1310. The molecule has 1 fully saturated rings. The molecule has 184 valence electrons. The van der Waals surface area contributed by atoms with Gasteiger partial charge in [-0.25, -0.2) is 0 Å². The third-order valence-electron chi connectivity index (χ3n) is 6.73. The molecule has 6 heteroatoms. The van der Waals surface area contributed by atoms with E-state index < -0.39 is 0 Å². The summed E-state index contributed by atoms with van der Waals surface area (Å²) in [6.07, 6.45) is 3.90. The number of esters is 1. The molecule has 0 N–H and O–H groups in total. The summed E-state index contributed by atoms with van der Waals surface area (Å²) in [5, 5.41) is 10.5. The van der Waals surface area contributed by atoms with Crippen LogP contribution in [0.15, 0.2) is 60.7 Å². The van der Waals surface area contributed by atoms with Gasteiger partial charge in [-0.2, -0.15) is 5.26 Å². The van der Waals surface area contributed by atoms with E-state index in [-0.39, 0.29) is 12.0 Å². The van der Waals surface area contributed by atoms with Crippen molar-refractivity contribution in [2.75, 3.05) is 33.8 Å². The zero-order chi connectivity index (χ0) is 25.7. The first-order valence-electron chi connectivity index (χ1n) is 12.0. The van der Waals surface area contributed by atoms with E-state index in [2.05, 4.69) is 28.9 Å². The van der Waals surface area contributed by atoms with E-state index in [1.165, 1.54) is 7.11 Å². The summed E-state index contributed by atoms with van der Waals surface area (Å²) in [6.45, 7) is 5.00. The van der Waals surface area contributed by atoms with Crippen LogP contribution < -0.4 is 0 Å². The summed E-state index contributed by atoms with van der Waals surface area (Å²) < 4.78 is 5.04. The fourth-order valence-electron chi connectivity index (χ4n) is 4.64. The molecule has 0 aromatic heterocycles. The number of rotatable bonds is 6. The van der Waals surface area contributed by atoms with Gasteiger partial charge in [0.05, 0.1) is 12.7 Å². The van der Waals surface area contributed by atoms with Gasteiger partial charge in [0.2, 0.25) is 0 Å². The summed E-state index contributed by atoms with van der Waals surface area (Å²) in [4.78, 5) is 16.7. The van der Waals surface area contributed by atoms with Crippen LogP contribution in [0.3, 0.4) is 0 Å². The Morgan fingerprint density at radius 1 is 1.11 bits per heavy atom. The third-order valence-corrected chi connectivity index (χ3v) is 7.06. The normalized spacial score (nSPS) is 16.7. The van der Waals surface area contributed by atoms with Crippen LogP contribution in [0.1, 0.15) is 27.8 Å². The Kier molecular flexibility index (Phi) is 8.22. The van der Waals surface area contributed by atoms with Crippen LogP contribution in [0.2, 0.25) is 5.02 Å². The maximum absolute atomic E-state index is 12.4. The first kappa shape index (κ1) is 25.7. The summed E-state index contributed by atoms with van der Waals surface area (Å²) >= 11 is 6.70. The first-order chi connectivity index (χ1) is 17.4. The Balaban J connectivity index is 1.58. The van der Waals surface area contributed by atoms with Crippen molar-refractivity contribution in [1.82, 2.24) is 9.80 Å². The van der Waals surface area contributed by atoms with Crippen molar-refractivity contribution in [3.8, 4) is 17.2 Å². The van der Waals surface area contributed by atoms with Crippen molar-refractivity contribution in [3.05, 3.63) is 93.5 Å². The fourth-order valence-corrected chi connectivity index (χ4v) is 4.89. The van der Waals surface area contributed by atoms with E-state index in [4.69, 9.17) is 16.3 Å². The largest absolute Gasteiger partial charge is 0.468 e. The molecular formula is C30H30ClN3O2. The molecule has 0 spiro atoms. The number of hydrogen-bond donors (Lipinski definition) is 0. The number of carbonyl (C=O) groups excluding carboxylic acids is 1. The molecule has 0 amide bonds. The Labute approximate surface area is 218 Å². The van der Waals surface area contributed by atoms with Crippen molar-refractivity contribution in [2.24, 2.45) is 0 Å². The van der Waals surface area contributed by atoms with Gasteiger partial charge in [0.15, 0.2) is 0 Å². The summed E-state index contributed by atoms with van der Waals surface area (Å²) in [5.41, 5.74) is 6.46. The number of likely N-dealkylation sites (N-methyl/N-ethyl adjacent to an activating group) is 1. The van der Waals surface area contributed by atoms with Gasteiger partial charge >= 0.3 is 5.97 Å². The highest BCUT2D eigenvalue weighted by Crippen LogP contribution is 2.29. The van der Waals surface area contributed by atoms with Crippen molar-refractivity contribution >= 4 is 29.7 Å². The average molecular weight is 500 g/mol. The van der Waals surface area contributed by atoms with Crippen molar-refractivity contribution in [1.29, 1.82) is 5.26 Å². The lowest BCUT2D eigenvalue weighted by atomic mass is 9.95. The van der Waals surface area contributed by atoms with Gasteiger partial charge in [-0.05, 0) is 47.9 Å². The zero-order valence-corrected chi connectivity index (χ0v) is 21.6. The number of benzene rings is 3. The molecule has 3 aromatic carbocycles. The van der Waals surface area contributed by atoms with E-state index in [1.807, 2.05) is 73.8 Å². The van der Waals surface area contributed by atoms with Crippen molar-refractivity contribution in [3.63, 3.8) is 0 Å². The minimum atomic E-state index is -0.298. The topological polar surface area (TPSA) is 56.6 Å². The number of nitriles is 1. The molecule has 4 rings (SSSR count). The molecule has 1 atom stereocenters. The van der Waals surface area contributed by atoms with Crippen LogP contribution in [-0.2, 0) is 16.1 Å². The minimum absolute atomic E-state index is 0.212. The third kappa shape index (κ3) is 5.68. The predicted molar refractivity (Wildman–Crippen MR) is 145 cm³/mol. The number of methoxy groups -OCH3 is 1. The van der Waals surface area contributed by atoms with Crippen LogP contribution in [0.5, 0.6) is 0 Å². The Morgan fingerprint density at radius 2 is 1.86 bits per heavy atom. The van der Waals surface area contributed by atoms with Gasteiger partial charge < -0.3 is 9.64 Å². The molecule has 3 aromatic rings. The zero-order valence-electron chi connectivity index (χ0n) is 20.9. The number of carbonyl (C=O) groups is 1. The standard InChI is InChI=1S/C30H30ClN3O2/c1-21-16-24(13-12-23-10-7-11-26(27(23)18-32)22-8-5-4-6-9-22)28(31)17-25(21)19-34-15-14-33(2)20-29(34)30(35)36-3/h4-13,16-17,29H,14-15,19-20H2,1-3H3/b13-12+/t29-/m0/s1. The lowest BCUT2D eigenvalue weighted by Gasteiger charge is -2.38. The summed E-state index contributed by atoms with van der Waals surface area (Å²) in [7, 11) is 3.45. The van der Waals surface area contributed by atoms with E-state index in [1.54, 1.807) is 0 Å². The number of piperazine rings is 1. The number of aryl methyl sites for hydroxylation is 1. The highest BCUT2D eigenvalue weighted by atomic mass is 35.5. The second kappa shape index (κ2) is 11.5. The number of hydrogen-bond acceptors (Lipinski definition) is 5. The molecule has 0 bridgehead atoms. The second-order valence-electron chi connectivity index (χ2n) is 9.15. The maximum atomic E-state index is 12.4. The summed E-state index contributed by atoms with van der Waals surface area (Å²) in [6, 6.07) is 21.9. The molecule has 1 heterocycles. The van der Waals surface area contributed by atoms with Crippen LogP contribution >= 0.6 is 11.6 Å². The average Bonchev–Trinajstić information content (AvgIpc) is 2.90. The van der Waals surface area contributed by atoms with Crippen LogP contribution in [0, 0.1) is 18.3 Å². The van der Waals surface area contributed by atoms with E-state index in [0.717, 1.165) is 46.5 Å². The van der Waals surface area contributed by atoms with Crippen LogP contribution in [0.4, 0.5) is 0 Å². The molecule has 0 radical (unpaired) electrons. The minimum Gasteiger partial charge on any atom is -0.468 e. The van der Waals surface area contributed by atoms with Crippen LogP contribution in [-0.4, -0.2) is 55.6 Å². The molecule has 1 aliphatic rings. The monoisotopic (exact) mass is 499 g/mol. The van der Waals surface area contributed by atoms with E-state index in [0.29, 0.717) is 23.7 Å². The molecule has 0 aliphatic carbocycles. The van der Waals surface area contributed by atoms with Gasteiger partial charge in [-0.1, -0.05) is 78.4 Å². The van der Waals surface area contributed by atoms with Gasteiger partial charge in [-0.3, -0.25) is 9.69 Å². The maximum Gasteiger partial charge on any atom is 0.324 e. The highest BCUT2D eigenvalue weighted by Gasteiger charge is 2.32. The van der Waals surface area contributed by atoms with Gasteiger partial charge in [0.1, 0.15) is 12.1 Å². The second-order valence-corrected chi connectivity index (χ2v) is 9.56. The fraction of sp³-hybridized carbons (Fsp3) is 0.267. The highest BCUT2D eigenvalue weighted by molar-refractivity contribution is 6.32. The Hall–Kier alpha value is -3.43. The van der Waals surface area contributed by atoms with Gasteiger partial charge in [0, 0.05) is 36.8 Å². The van der Waals surface area contributed by atoms with E-state index >= 15 is 0 Å². The number of nitrogens with zero attached hydrogens (tertiary/aromatic N) is 3. The Morgan fingerprint density at radius 3 is 2.58 bits per heavy atom. The molecule has 0 unspecified atom stereocenters. The van der Waals surface area contributed by atoms with E-state index in [9.17, 15) is 10.1 Å². The van der Waals surface area contributed by atoms with Gasteiger partial charge in [-0.15, -0.1) is 0 Å². The lowest BCUT2D eigenvalue weighted by Crippen LogP contribution is -2.55. The van der Waals surface area contributed by atoms with Crippen LogP contribution in [0.25, 0.3) is 23.3 Å². The molecule has 1 saturated heterocycles. The SMILES string of the molecule is COC(=O)[C@@H]1CN(C)CCN1Cc1cc(Cl)c(/C=C/c2cccc(-c3ccccc3)c2C#N)cc1C. The van der Waals surface area contributed by atoms with Crippen molar-refractivity contribution < 1.29 is 9.53 Å². The molecular weight excluding hydrogens is 470 g/mol. The molecule has 1 aliphatic heterocycles. The van der Waals surface area contributed by atoms with Crippen molar-refractivity contribution in [2.45, 2.75) is 19.5 Å². The smallest absolute Gasteiger partial charge is 0.324 e. The first-order valence-corrected chi connectivity index (χ1v) is 12.3. The predicted octanol–water partition coefficient (Wildman–Crippen LogP) is 5.65. The molecule has 0 saturated carbocycles. The quantitative estimate of drug-likeness (QED) is 0.324. The summed E-state index contributed by atoms with van der Waals surface area (Å²) in [5.74, 6) is -0.212. The molecule has 36 heavy (non-hydrogen) atoms. The number of ether oxygens (including phenoxy) is 1. The lowest BCUT2D eigenvalue weighted by molar-refractivity contribution is -0.149.